The summed E-state index contributed by atoms with van der Waals surface area (Å²) >= 11 is 0. The van der Waals surface area contributed by atoms with E-state index in [1.165, 1.54) is 38.5 Å². The maximum Gasteiger partial charge on any atom is 0.673 e. The van der Waals surface area contributed by atoms with Gasteiger partial charge in [-0.1, -0.05) is 72.8 Å². The maximum atomic E-state index is 9.75. The first-order valence-corrected chi connectivity index (χ1v) is 10.9. The van der Waals surface area contributed by atoms with Gasteiger partial charge in [-0.2, -0.15) is 0 Å². The minimum Gasteiger partial charge on any atom is -0.418 e. The molecule has 0 spiro atoms. The molecule has 3 aromatic carbocycles. The van der Waals surface area contributed by atoms with Gasteiger partial charge in [0.15, 0.2) is 4.91 Å². The lowest BCUT2D eigenvalue weighted by atomic mass is 9.92. The molecule has 3 aromatic rings. The van der Waals surface area contributed by atoms with Crippen molar-refractivity contribution in [2.75, 3.05) is 5.75 Å². The number of rotatable bonds is 3. The summed E-state index contributed by atoms with van der Waals surface area (Å²) in [7, 11) is -5.75. The van der Waals surface area contributed by atoms with Gasteiger partial charge >= 0.3 is 7.25 Å². The molecular weight excluding hydrogens is 395 g/mol. The molecule has 1 atom stereocenters. The molecule has 0 saturated heterocycles. The van der Waals surface area contributed by atoms with Gasteiger partial charge in [0.1, 0.15) is 11.5 Å². The molecule has 0 nitrogen and oxygen atoms in total. The second kappa shape index (κ2) is 9.36. The zero-order valence-electron chi connectivity index (χ0n) is 16.0. The SMILES string of the molecule is CC[S+]1Cc2ccccc2C(c2ccccc2)=C1c1ccccc1.F[B-](F)(F)F. The third kappa shape index (κ3) is 5.54. The van der Waals surface area contributed by atoms with Crippen LogP contribution in [0.4, 0.5) is 17.3 Å². The molecular formula is C23H21BF4S. The molecule has 150 valence electrons. The molecule has 1 heterocycles. The standard InChI is InChI=1S/C23H21S.BF4/c1-2-24-17-20-15-9-10-16-21(20)22(18-11-5-3-6-12-18)23(24)19-13-7-4-8-14-19;2-1(3,4)5/h3-16H,2,17H2,1H3;/q+1;-1. The van der Waals surface area contributed by atoms with E-state index in [1.54, 1.807) is 0 Å². The molecule has 0 N–H and O–H groups in total. The molecule has 0 radical (unpaired) electrons. The molecule has 0 amide bonds. The Kier molecular flexibility index (Phi) is 6.85. The summed E-state index contributed by atoms with van der Waals surface area (Å²) in [5.74, 6) is 2.35. The Bertz CT molecular complexity index is 963. The van der Waals surface area contributed by atoms with E-state index in [0.29, 0.717) is 0 Å². The van der Waals surface area contributed by atoms with Gasteiger partial charge in [-0.05, 0) is 30.2 Å². The Morgan fingerprint density at radius 1 is 0.724 bits per heavy atom. The van der Waals surface area contributed by atoms with E-state index in [-0.39, 0.29) is 10.9 Å². The van der Waals surface area contributed by atoms with Gasteiger partial charge in [0, 0.05) is 27.6 Å². The Balaban J connectivity index is 0.000000431. The van der Waals surface area contributed by atoms with Gasteiger partial charge < -0.3 is 17.3 Å². The molecule has 29 heavy (non-hydrogen) atoms. The number of benzene rings is 3. The summed E-state index contributed by atoms with van der Waals surface area (Å²) in [4.78, 5) is 1.53. The lowest BCUT2D eigenvalue weighted by molar-refractivity contribution is 0.368. The normalized spacial score (nSPS) is 16.0. The van der Waals surface area contributed by atoms with Crippen LogP contribution in [0, 0.1) is 0 Å². The minimum atomic E-state index is -6.00. The van der Waals surface area contributed by atoms with Crippen molar-refractivity contribution >= 4 is 28.6 Å². The summed E-state index contributed by atoms with van der Waals surface area (Å²) < 4.78 is 39.0. The maximum absolute atomic E-state index is 9.75. The summed E-state index contributed by atoms with van der Waals surface area (Å²) in [5.41, 5.74) is 7.01. The van der Waals surface area contributed by atoms with Crippen molar-refractivity contribution in [1.82, 2.24) is 0 Å². The fraction of sp³-hybridized carbons (Fsp3) is 0.130. The highest BCUT2D eigenvalue weighted by Crippen LogP contribution is 2.43. The van der Waals surface area contributed by atoms with Gasteiger partial charge in [0.25, 0.3) is 0 Å². The first kappa shape index (κ1) is 21.2. The van der Waals surface area contributed by atoms with Crippen LogP contribution in [0.3, 0.4) is 0 Å². The van der Waals surface area contributed by atoms with Gasteiger partial charge in [-0.25, -0.2) is 0 Å². The second-order valence-corrected chi connectivity index (χ2v) is 8.77. The van der Waals surface area contributed by atoms with E-state index in [2.05, 4.69) is 91.9 Å². The van der Waals surface area contributed by atoms with Crippen molar-refractivity contribution < 1.29 is 17.3 Å². The average molecular weight is 416 g/mol. The van der Waals surface area contributed by atoms with Gasteiger partial charge in [0.2, 0.25) is 0 Å². The summed E-state index contributed by atoms with van der Waals surface area (Å²) in [6.07, 6.45) is 0. The van der Waals surface area contributed by atoms with Crippen LogP contribution in [0.1, 0.15) is 29.2 Å². The zero-order valence-corrected chi connectivity index (χ0v) is 16.8. The van der Waals surface area contributed by atoms with Crippen molar-refractivity contribution in [2.24, 2.45) is 0 Å². The molecule has 4 rings (SSSR count). The van der Waals surface area contributed by atoms with Crippen LogP contribution in [0.5, 0.6) is 0 Å². The van der Waals surface area contributed by atoms with Crippen LogP contribution in [0.2, 0.25) is 0 Å². The lowest BCUT2D eigenvalue weighted by Gasteiger charge is -2.23. The predicted molar refractivity (Wildman–Crippen MR) is 117 cm³/mol. The summed E-state index contributed by atoms with van der Waals surface area (Å²) in [6, 6.07) is 30.8. The highest BCUT2D eigenvalue weighted by molar-refractivity contribution is 8.05. The van der Waals surface area contributed by atoms with Crippen LogP contribution in [0.15, 0.2) is 84.9 Å². The van der Waals surface area contributed by atoms with Crippen molar-refractivity contribution in [3.63, 3.8) is 0 Å². The Labute approximate surface area is 171 Å². The number of hydrogen-bond donors (Lipinski definition) is 0. The molecule has 1 unspecified atom stereocenters. The second-order valence-electron chi connectivity index (χ2n) is 6.51. The average Bonchev–Trinajstić information content (AvgIpc) is 2.72. The van der Waals surface area contributed by atoms with Crippen LogP contribution in [-0.2, 0) is 16.6 Å². The lowest BCUT2D eigenvalue weighted by Crippen LogP contribution is -2.18. The highest BCUT2D eigenvalue weighted by atomic mass is 32.2. The topological polar surface area (TPSA) is 0 Å². The van der Waals surface area contributed by atoms with E-state index in [1.807, 2.05) is 0 Å². The fourth-order valence-corrected chi connectivity index (χ4v) is 5.71. The van der Waals surface area contributed by atoms with Crippen molar-refractivity contribution in [3.05, 3.63) is 107 Å². The Morgan fingerprint density at radius 2 is 1.21 bits per heavy atom. The van der Waals surface area contributed by atoms with Crippen molar-refractivity contribution in [1.29, 1.82) is 0 Å². The third-order valence-corrected chi connectivity index (χ3v) is 6.95. The summed E-state index contributed by atoms with van der Waals surface area (Å²) in [6.45, 7) is 2.32. The van der Waals surface area contributed by atoms with Crippen LogP contribution >= 0.6 is 0 Å². The smallest absolute Gasteiger partial charge is 0.418 e. The zero-order chi connectivity index (χ0) is 20.9. The van der Waals surface area contributed by atoms with E-state index in [0.717, 1.165) is 5.75 Å². The van der Waals surface area contributed by atoms with Crippen LogP contribution < -0.4 is 0 Å². The highest BCUT2D eigenvalue weighted by Gasteiger charge is 2.35. The third-order valence-electron chi connectivity index (χ3n) is 4.58. The van der Waals surface area contributed by atoms with Crippen LogP contribution in [-0.4, -0.2) is 13.0 Å². The van der Waals surface area contributed by atoms with E-state index >= 15 is 0 Å². The largest absolute Gasteiger partial charge is 0.673 e. The minimum absolute atomic E-state index is 0.247. The van der Waals surface area contributed by atoms with Gasteiger partial charge in [0.05, 0.1) is 0 Å². The van der Waals surface area contributed by atoms with Crippen molar-refractivity contribution in [3.8, 4) is 0 Å². The first-order valence-electron chi connectivity index (χ1n) is 9.36. The Morgan fingerprint density at radius 3 is 1.76 bits per heavy atom. The fourth-order valence-electron chi connectivity index (χ4n) is 3.45. The van der Waals surface area contributed by atoms with E-state index in [9.17, 15) is 17.3 Å². The molecule has 1 aliphatic rings. The number of fused-ring (bicyclic) bond motifs is 1. The molecule has 0 aliphatic carbocycles. The molecule has 0 fully saturated rings. The molecule has 0 aromatic heterocycles. The Hall–Kier alpha value is -2.47. The first-order chi connectivity index (χ1) is 13.9. The predicted octanol–water partition coefficient (Wildman–Crippen LogP) is 7.06. The summed E-state index contributed by atoms with van der Waals surface area (Å²) in [5, 5.41) is 0. The molecule has 6 heteroatoms. The van der Waals surface area contributed by atoms with Gasteiger partial charge in [-0.3, -0.25) is 0 Å². The van der Waals surface area contributed by atoms with E-state index in [4.69, 9.17) is 0 Å². The van der Waals surface area contributed by atoms with Gasteiger partial charge in [-0.15, -0.1) is 0 Å². The number of halogens is 4. The van der Waals surface area contributed by atoms with Crippen LogP contribution in [0.25, 0.3) is 10.5 Å². The molecule has 0 saturated carbocycles. The monoisotopic (exact) mass is 416 g/mol. The quantitative estimate of drug-likeness (QED) is 0.244. The number of hydrogen-bond acceptors (Lipinski definition) is 0. The van der Waals surface area contributed by atoms with E-state index < -0.39 is 7.25 Å². The van der Waals surface area contributed by atoms with Crippen molar-refractivity contribution in [2.45, 2.75) is 12.7 Å². The molecule has 0 bridgehead atoms. The molecule has 1 aliphatic heterocycles.